The Morgan fingerprint density at radius 1 is 1.44 bits per heavy atom. The molecule has 0 saturated carbocycles. The highest BCUT2D eigenvalue weighted by atomic mass is 16.1. The molecule has 0 N–H and O–H groups in total. The van der Waals surface area contributed by atoms with Crippen LogP contribution < -0.4 is 0 Å². The second-order valence-electron chi connectivity index (χ2n) is 4.51. The van der Waals surface area contributed by atoms with Crippen molar-refractivity contribution in [1.29, 1.82) is 0 Å². The summed E-state index contributed by atoms with van der Waals surface area (Å²) in [6.07, 6.45) is 0.975. The van der Waals surface area contributed by atoms with Crippen molar-refractivity contribution in [2.75, 3.05) is 0 Å². The molecular weight excluding hydrogens is 198 g/mol. The van der Waals surface area contributed by atoms with E-state index in [-0.39, 0.29) is 5.78 Å². The van der Waals surface area contributed by atoms with Gasteiger partial charge in [0.15, 0.2) is 5.69 Å². The fourth-order valence-electron chi connectivity index (χ4n) is 1.76. The van der Waals surface area contributed by atoms with Crippen LogP contribution in [0.15, 0.2) is 18.2 Å². The van der Waals surface area contributed by atoms with Crippen LogP contribution in [0.3, 0.4) is 0 Å². The second kappa shape index (κ2) is 5.46. The number of carbonyl (C=O) groups excluding carboxylic acids is 1. The van der Waals surface area contributed by atoms with E-state index in [1.807, 2.05) is 39.0 Å². The molecule has 0 atom stereocenters. The van der Waals surface area contributed by atoms with Crippen molar-refractivity contribution in [3.63, 3.8) is 0 Å². The first-order chi connectivity index (χ1) is 7.54. The summed E-state index contributed by atoms with van der Waals surface area (Å²) < 4.78 is 0. The fourth-order valence-corrected chi connectivity index (χ4v) is 1.76. The molecule has 0 amide bonds. The minimum atomic E-state index is 0.213. The summed E-state index contributed by atoms with van der Waals surface area (Å²) in [5, 5.41) is 0. The van der Waals surface area contributed by atoms with Gasteiger partial charge in [-0.3, -0.25) is 4.79 Å². The zero-order valence-electron chi connectivity index (χ0n) is 10.1. The number of hydrogen-bond donors (Lipinski definition) is 0. The summed E-state index contributed by atoms with van der Waals surface area (Å²) in [6, 6.07) is 5.68. The van der Waals surface area contributed by atoms with E-state index in [0.717, 1.165) is 11.1 Å². The van der Waals surface area contributed by atoms with E-state index in [2.05, 4.69) is 4.85 Å². The maximum absolute atomic E-state index is 11.7. The zero-order chi connectivity index (χ0) is 12.1. The second-order valence-corrected chi connectivity index (χ2v) is 4.51. The number of rotatable bonds is 4. The van der Waals surface area contributed by atoms with Crippen molar-refractivity contribution >= 4 is 11.5 Å². The highest BCUT2D eigenvalue weighted by molar-refractivity contribution is 5.83. The Bertz CT molecular complexity index is 427. The van der Waals surface area contributed by atoms with Gasteiger partial charge in [-0.25, -0.2) is 4.85 Å². The lowest BCUT2D eigenvalue weighted by molar-refractivity contribution is -0.119. The molecule has 2 heteroatoms. The van der Waals surface area contributed by atoms with Gasteiger partial charge in [-0.1, -0.05) is 32.0 Å². The van der Waals surface area contributed by atoms with Gasteiger partial charge in [-0.15, -0.1) is 0 Å². The number of nitrogens with zero attached hydrogens (tertiary/aromatic N) is 1. The lowest BCUT2D eigenvalue weighted by Crippen LogP contribution is -2.06. The smallest absolute Gasteiger partial charge is 0.193 e. The number of para-hydroxylation sites is 1. The van der Waals surface area contributed by atoms with E-state index in [1.165, 1.54) is 0 Å². The number of benzene rings is 1. The number of hydrogen-bond acceptors (Lipinski definition) is 1. The maximum Gasteiger partial charge on any atom is 0.193 e. The van der Waals surface area contributed by atoms with Crippen molar-refractivity contribution in [3.05, 3.63) is 40.7 Å². The van der Waals surface area contributed by atoms with E-state index in [4.69, 9.17) is 6.57 Å². The van der Waals surface area contributed by atoms with Gasteiger partial charge in [0, 0.05) is 12.8 Å². The molecule has 1 aromatic rings. The highest BCUT2D eigenvalue weighted by Gasteiger charge is 2.10. The van der Waals surface area contributed by atoms with Crippen molar-refractivity contribution in [2.45, 2.75) is 33.6 Å². The summed E-state index contributed by atoms with van der Waals surface area (Å²) in [5.74, 6) is 0.596. The molecule has 0 radical (unpaired) electrons. The normalized spacial score (nSPS) is 10.2. The molecule has 0 aromatic heterocycles. The number of aryl methyl sites for hydroxylation is 1. The maximum atomic E-state index is 11.7. The van der Waals surface area contributed by atoms with E-state index in [9.17, 15) is 4.79 Å². The van der Waals surface area contributed by atoms with Crippen LogP contribution in [0.5, 0.6) is 0 Å². The molecule has 0 aliphatic carbocycles. The van der Waals surface area contributed by atoms with E-state index in [0.29, 0.717) is 24.4 Å². The van der Waals surface area contributed by atoms with Crippen LogP contribution in [0.2, 0.25) is 0 Å². The average molecular weight is 215 g/mol. The van der Waals surface area contributed by atoms with Crippen molar-refractivity contribution < 1.29 is 4.79 Å². The van der Waals surface area contributed by atoms with Crippen molar-refractivity contribution in [3.8, 4) is 0 Å². The molecular formula is C14H17NO. The summed E-state index contributed by atoms with van der Waals surface area (Å²) >= 11 is 0. The molecule has 2 nitrogen and oxygen atoms in total. The molecule has 1 rings (SSSR count). The van der Waals surface area contributed by atoms with Gasteiger partial charge in [0.2, 0.25) is 0 Å². The minimum Gasteiger partial charge on any atom is -0.299 e. The standard InChI is InChI=1S/C14H17NO/c1-10(2)8-13(16)9-12-7-5-6-11(3)14(12)15-4/h5-7,10H,8-9H2,1-3H3. The third kappa shape index (κ3) is 3.20. The molecule has 0 heterocycles. The first kappa shape index (κ1) is 12.4. The summed E-state index contributed by atoms with van der Waals surface area (Å²) in [6.45, 7) is 13.1. The minimum absolute atomic E-state index is 0.213. The topological polar surface area (TPSA) is 21.4 Å². The van der Waals surface area contributed by atoms with E-state index in [1.54, 1.807) is 0 Å². The Hall–Kier alpha value is -1.62. The fraction of sp³-hybridized carbons (Fsp3) is 0.429. The lowest BCUT2D eigenvalue weighted by Gasteiger charge is -2.07. The molecule has 0 bridgehead atoms. The van der Waals surface area contributed by atoms with Crippen LogP contribution in [-0.4, -0.2) is 5.78 Å². The Kier molecular flexibility index (Phi) is 4.25. The molecule has 84 valence electrons. The molecule has 1 aromatic carbocycles. The Morgan fingerprint density at radius 2 is 2.12 bits per heavy atom. The summed E-state index contributed by atoms with van der Waals surface area (Å²) in [7, 11) is 0. The number of Topliss-reactive ketones (excluding diaryl/α,β-unsaturated/α-hetero) is 1. The third-order valence-electron chi connectivity index (χ3n) is 2.46. The van der Waals surface area contributed by atoms with Gasteiger partial charge in [0.1, 0.15) is 5.78 Å². The SMILES string of the molecule is [C-]#[N+]c1c(C)cccc1CC(=O)CC(C)C. The summed E-state index contributed by atoms with van der Waals surface area (Å²) in [4.78, 5) is 15.2. The van der Waals surface area contributed by atoms with Crippen molar-refractivity contribution in [1.82, 2.24) is 0 Å². The molecule has 16 heavy (non-hydrogen) atoms. The number of carbonyl (C=O) groups is 1. The average Bonchev–Trinajstić information content (AvgIpc) is 2.16. The molecule has 0 spiro atoms. The van der Waals surface area contributed by atoms with Crippen LogP contribution in [-0.2, 0) is 11.2 Å². The van der Waals surface area contributed by atoms with Crippen molar-refractivity contribution in [2.24, 2.45) is 5.92 Å². The summed E-state index contributed by atoms with van der Waals surface area (Å²) in [5.41, 5.74) is 2.45. The van der Waals surface area contributed by atoms with Gasteiger partial charge < -0.3 is 0 Å². The predicted molar refractivity (Wildman–Crippen MR) is 65.6 cm³/mol. The monoisotopic (exact) mass is 215 g/mol. The van der Waals surface area contributed by atoms with Crippen LogP contribution >= 0.6 is 0 Å². The molecule has 0 aliphatic heterocycles. The third-order valence-corrected chi connectivity index (χ3v) is 2.46. The van der Waals surface area contributed by atoms with Gasteiger partial charge in [0.25, 0.3) is 0 Å². The van der Waals surface area contributed by atoms with E-state index < -0.39 is 0 Å². The van der Waals surface area contributed by atoms with Crippen LogP contribution in [0.4, 0.5) is 5.69 Å². The van der Waals surface area contributed by atoms with Crippen LogP contribution in [0, 0.1) is 19.4 Å². The predicted octanol–water partition coefficient (Wildman–Crippen LogP) is 3.70. The quantitative estimate of drug-likeness (QED) is 0.702. The van der Waals surface area contributed by atoms with Gasteiger partial charge in [0.05, 0.1) is 6.57 Å². The molecule has 0 fully saturated rings. The van der Waals surface area contributed by atoms with E-state index >= 15 is 0 Å². The molecule has 0 unspecified atom stereocenters. The van der Waals surface area contributed by atoms with Gasteiger partial charge >= 0.3 is 0 Å². The largest absolute Gasteiger partial charge is 0.299 e. The van der Waals surface area contributed by atoms with Crippen LogP contribution in [0.1, 0.15) is 31.4 Å². The Balaban J connectivity index is 2.86. The zero-order valence-corrected chi connectivity index (χ0v) is 10.1. The molecule has 0 saturated heterocycles. The molecule has 0 aliphatic rings. The van der Waals surface area contributed by atoms with Crippen LogP contribution in [0.25, 0.3) is 4.85 Å². The van der Waals surface area contributed by atoms with Gasteiger partial charge in [-0.2, -0.15) is 0 Å². The number of ketones is 1. The first-order valence-electron chi connectivity index (χ1n) is 5.52. The first-order valence-corrected chi connectivity index (χ1v) is 5.52. The highest BCUT2D eigenvalue weighted by Crippen LogP contribution is 2.24. The Labute approximate surface area is 97.1 Å². The lowest BCUT2D eigenvalue weighted by atomic mass is 9.98. The Morgan fingerprint density at radius 3 is 2.69 bits per heavy atom. The van der Waals surface area contributed by atoms with Gasteiger partial charge in [-0.05, 0) is 24.0 Å².